The first-order valence-electron chi connectivity index (χ1n) is 13.0. The number of hydrogen-bond acceptors (Lipinski definition) is 4. The van der Waals surface area contributed by atoms with Gasteiger partial charge in [-0.05, 0) is 42.8 Å². The van der Waals surface area contributed by atoms with Crippen molar-refractivity contribution in [2.75, 3.05) is 0 Å². The second-order valence-electron chi connectivity index (χ2n) is 9.83. The van der Waals surface area contributed by atoms with Crippen molar-refractivity contribution in [3.8, 4) is 28.7 Å². The van der Waals surface area contributed by atoms with E-state index < -0.39 is 0 Å². The Hall–Kier alpha value is -5.29. The highest BCUT2D eigenvalue weighted by Gasteiger charge is 2.18. The van der Waals surface area contributed by atoms with Crippen molar-refractivity contribution in [3.63, 3.8) is 0 Å². The van der Waals surface area contributed by atoms with Crippen molar-refractivity contribution in [1.29, 1.82) is 0 Å². The Morgan fingerprint density at radius 1 is 0.513 bits per heavy atom. The lowest BCUT2D eigenvalue weighted by Crippen LogP contribution is -2.06. The van der Waals surface area contributed by atoms with E-state index in [4.69, 9.17) is 19.4 Å². The zero-order valence-electron chi connectivity index (χ0n) is 21.2. The minimum absolute atomic E-state index is 0.580. The molecule has 0 fully saturated rings. The third-order valence-corrected chi connectivity index (χ3v) is 7.32. The number of para-hydroxylation sites is 2. The summed E-state index contributed by atoms with van der Waals surface area (Å²) in [6, 6.07) is 39.3. The molecule has 184 valence electrons. The maximum Gasteiger partial charge on any atom is 0.238 e. The molecule has 0 radical (unpaired) electrons. The lowest BCUT2D eigenvalue weighted by molar-refractivity contribution is 0.668. The minimum Gasteiger partial charge on any atom is -0.456 e. The van der Waals surface area contributed by atoms with Crippen LogP contribution in [0.5, 0.6) is 0 Å². The Balaban J connectivity index is 1.40. The molecule has 0 saturated heterocycles. The average Bonchev–Trinajstić information content (AvgIpc) is 3.52. The van der Waals surface area contributed by atoms with Crippen LogP contribution < -0.4 is 0 Å². The third kappa shape index (κ3) is 3.44. The molecule has 0 N–H and O–H groups in total. The molecule has 8 rings (SSSR count). The number of fused-ring (bicyclic) bond motifs is 6. The van der Waals surface area contributed by atoms with Crippen LogP contribution in [0.1, 0.15) is 5.56 Å². The van der Waals surface area contributed by atoms with Crippen molar-refractivity contribution in [1.82, 2.24) is 19.5 Å². The monoisotopic (exact) mass is 502 g/mol. The fourth-order valence-corrected chi connectivity index (χ4v) is 5.47. The second-order valence-corrected chi connectivity index (χ2v) is 9.83. The number of furan rings is 1. The van der Waals surface area contributed by atoms with E-state index >= 15 is 0 Å². The quantitative estimate of drug-likeness (QED) is 0.243. The Kier molecular flexibility index (Phi) is 4.67. The van der Waals surface area contributed by atoms with Crippen molar-refractivity contribution in [2.24, 2.45) is 0 Å². The molecule has 0 spiro atoms. The van der Waals surface area contributed by atoms with Crippen LogP contribution in [0.2, 0.25) is 0 Å². The van der Waals surface area contributed by atoms with Crippen LogP contribution in [-0.2, 0) is 0 Å². The van der Waals surface area contributed by atoms with Gasteiger partial charge >= 0.3 is 0 Å². The van der Waals surface area contributed by atoms with Crippen LogP contribution in [-0.4, -0.2) is 19.5 Å². The number of nitrogens with zero attached hydrogens (tertiary/aromatic N) is 4. The fraction of sp³-hybridized carbons (Fsp3) is 0.0294. The van der Waals surface area contributed by atoms with Gasteiger partial charge in [-0.1, -0.05) is 84.9 Å². The maximum absolute atomic E-state index is 6.25. The van der Waals surface area contributed by atoms with Gasteiger partial charge in [0.05, 0.1) is 11.0 Å². The summed E-state index contributed by atoms with van der Waals surface area (Å²) in [7, 11) is 0. The normalized spacial score (nSPS) is 11.7. The molecule has 8 aromatic rings. The first-order chi connectivity index (χ1) is 19.2. The second kappa shape index (κ2) is 8.36. The van der Waals surface area contributed by atoms with Crippen molar-refractivity contribution < 1.29 is 4.42 Å². The molecule has 0 atom stereocenters. The van der Waals surface area contributed by atoms with E-state index in [-0.39, 0.29) is 0 Å². The first kappa shape index (κ1) is 21.8. The highest BCUT2D eigenvalue weighted by molar-refractivity contribution is 6.09. The van der Waals surface area contributed by atoms with E-state index in [1.807, 2.05) is 36.4 Å². The molecule has 0 amide bonds. The third-order valence-electron chi connectivity index (χ3n) is 7.32. The number of aryl methyl sites for hydroxylation is 1. The highest BCUT2D eigenvalue weighted by Crippen LogP contribution is 2.34. The van der Waals surface area contributed by atoms with Crippen LogP contribution in [0, 0.1) is 6.92 Å². The van der Waals surface area contributed by atoms with Crippen LogP contribution in [0.3, 0.4) is 0 Å². The van der Waals surface area contributed by atoms with Gasteiger partial charge in [-0.2, -0.15) is 9.97 Å². The fourth-order valence-electron chi connectivity index (χ4n) is 5.47. The summed E-state index contributed by atoms with van der Waals surface area (Å²) >= 11 is 0. The Bertz CT molecular complexity index is 2140. The van der Waals surface area contributed by atoms with Gasteiger partial charge in [0.15, 0.2) is 11.6 Å². The van der Waals surface area contributed by atoms with Gasteiger partial charge in [-0.15, -0.1) is 0 Å². The molecule has 3 heterocycles. The molecule has 0 unspecified atom stereocenters. The Labute approximate surface area is 224 Å². The van der Waals surface area contributed by atoms with Gasteiger partial charge < -0.3 is 4.42 Å². The molecule has 5 heteroatoms. The van der Waals surface area contributed by atoms with Gasteiger partial charge in [-0.25, -0.2) is 4.98 Å². The lowest BCUT2D eigenvalue weighted by Gasteiger charge is -2.10. The summed E-state index contributed by atoms with van der Waals surface area (Å²) in [5.41, 5.74) is 6.78. The van der Waals surface area contributed by atoms with E-state index in [2.05, 4.69) is 90.4 Å². The van der Waals surface area contributed by atoms with Crippen molar-refractivity contribution >= 4 is 43.7 Å². The number of benzene rings is 5. The first-order valence-corrected chi connectivity index (χ1v) is 13.0. The Morgan fingerprint density at radius 2 is 1.10 bits per heavy atom. The molecular formula is C34H22N4O. The SMILES string of the molecule is Cc1ccc2c(c1)oc1cc(-c3nc(-c4ccccc4)nc(-n4c5ccccc5c5ccccc54)n3)ccc12. The summed E-state index contributed by atoms with van der Waals surface area (Å²) in [4.78, 5) is 15.0. The van der Waals surface area contributed by atoms with Gasteiger partial charge in [0.1, 0.15) is 11.2 Å². The largest absolute Gasteiger partial charge is 0.456 e. The number of hydrogen-bond donors (Lipinski definition) is 0. The predicted molar refractivity (Wildman–Crippen MR) is 157 cm³/mol. The topological polar surface area (TPSA) is 56.7 Å². The van der Waals surface area contributed by atoms with E-state index in [1.165, 1.54) is 5.56 Å². The molecule has 39 heavy (non-hydrogen) atoms. The molecule has 5 nitrogen and oxygen atoms in total. The standard InChI is InChI=1S/C34H22N4O/c1-21-15-17-26-27-18-16-23(20-31(27)39-30(26)19-21)33-35-32(22-9-3-2-4-10-22)36-34(37-33)38-28-13-7-5-11-24(28)25-12-6-8-14-29(25)38/h2-20H,1H3. The molecular weight excluding hydrogens is 480 g/mol. The van der Waals surface area contributed by atoms with Gasteiger partial charge in [0, 0.05) is 32.7 Å². The molecule has 3 aromatic heterocycles. The molecule has 0 bridgehead atoms. The van der Waals surface area contributed by atoms with Gasteiger partial charge in [-0.3, -0.25) is 4.57 Å². The van der Waals surface area contributed by atoms with Crippen LogP contribution in [0.25, 0.3) is 72.5 Å². The van der Waals surface area contributed by atoms with Crippen LogP contribution >= 0.6 is 0 Å². The summed E-state index contributed by atoms with van der Waals surface area (Å²) in [6.07, 6.45) is 0. The Morgan fingerprint density at radius 3 is 1.82 bits per heavy atom. The van der Waals surface area contributed by atoms with Gasteiger partial charge in [0.2, 0.25) is 5.95 Å². The average molecular weight is 503 g/mol. The summed E-state index contributed by atoms with van der Waals surface area (Å²) in [6.45, 7) is 2.07. The predicted octanol–water partition coefficient (Wildman–Crippen LogP) is 8.51. The van der Waals surface area contributed by atoms with Crippen LogP contribution in [0.15, 0.2) is 120 Å². The summed E-state index contributed by atoms with van der Waals surface area (Å²) < 4.78 is 8.38. The maximum atomic E-state index is 6.25. The molecule has 0 saturated carbocycles. The van der Waals surface area contributed by atoms with E-state index in [1.54, 1.807) is 0 Å². The smallest absolute Gasteiger partial charge is 0.238 e. The van der Waals surface area contributed by atoms with E-state index in [0.717, 1.165) is 54.9 Å². The molecule has 0 aliphatic heterocycles. The zero-order valence-corrected chi connectivity index (χ0v) is 21.2. The lowest BCUT2D eigenvalue weighted by atomic mass is 10.1. The summed E-state index contributed by atoms with van der Waals surface area (Å²) in [5, 5.41) is 4.51. The van der Waals surface area contributed by atoms with Crippen LogP contribution in [0.4, 0.5) is 0 Å². The number of aromatic nitrogens is 4. The zero-order chi connectivity index (χ0) is 25.9. The minimum atomic E-state index is 0.580. The van der Waals surface area contributed by atoms with Crippen molar-refractivity contribution in [3.05, 3.63) is 121 Å². The van der Waals surface area contributed by atoms with E-state index in [9.17, 15) is 0 Å². The highest BCUT2D eigenvalue weighted by atomic mass is 16.3. The molecule has 0 aliphatic rings. The molecule has 5 aromatic carbocycles. The van der Waals surface area contributed by atoms with Crippen molar-refractivity contribution in [2.45, 2.75) is 6.92 Å². The molecule has 0 aliphatic carbocycles. The summed E-state index contributed by atoms with van der Waals surface area (Å²) in [5.74, 6) is 1.80. The number of rotatable bonds is 3. The van der Waals surface area contributed by atoms with Gasteiger partial charge in [0.25, 0.3) is 0 Å². The van der Waals surface area contributed by atoms with E-state index in [0.29, 0.717) is 17.6 Å².